The summed E-state index contributed by atoms with van der Waals surface area (Å²) in [6.45, 7) is 6.00. The summed E-state index contributed by atoms with van der Waals surface area (Å²) in [5, 5.41) is 0. The van der Waals surface area contributed by atoms with Gasteiger partial charge in [0.2, 0.25) is 0 Å². The molecule has 0 nitrogen and oxygen atoms in total. The Labute approximate surface area is 50.9 Å². The van der Waals surface area contributed by atoms with Crippen molar-refractivity contribution in [2.24, 2.45) is 11.8 Å². The molecule has 0 N–H and O–H groups in total. The molecule has 1 aliphatic rings. The van der Waals surface area contributed by atoms with Crippen LogP contribution in [-0.4, -0.2) is 0 Å². The summed E-state index contributed by atoms with van der Waals surface area (Å²) in [5.41, 5.74) is 0. The highest BCUT2D eigenvalue weighted by Crippen LogP contribution is 2.24. The molecule has 0 amide bonds. The summed E-state index contributed by atoms with van der Waals surface area (Å²) >= 11 is 0. The van der Waals surface area contributed by atoms with Crippen molar-refractivity contribution in [3.63, 3.8) is 0 Å². The highest BCUT2D eigenvalue weighted by atomic mass is 14.2. The molecule has 0 aromatic rings. The van der Waals surface area contributed by atoms with Crippen LogP contribution in [0.1, 0.15) is 13.3 Å². The lowest BCUT2D eigenvalue weighted by Crippen LogP contribution is -1.98. The fourth-order valence-corrected chi connectivity index (χ4v) is 1.11. The molecular formula is C8H12. The predicted octanol–water partition coefficient (Wildman–Crippen LogP) is 2.38. The monoisotopic (exact) mass is 108 g/mol. The molecule has 1 rings (SSSR count). The van der Waals surface area contributed by atoms with Gasteiger partial charge in [-0.05, 0) is 18.3 Å². The van der Waals surface area contributed by atoms with Crippen LogP contribution in [0.4, 0.5) is 0 Å². The van der Waals surface area contributed by atoms with Crippen molar-refractivity contribution in [1.29, 1.82) is 0 Å². The molecule has 0 saturated carbocycles. The summed E-state index contributed by atoms with van der Waals surface area (Å²) in [6, 6.07) is 0. The first-order chi connectivity index (χ1) is 3.84. The van der Waals surface area contributed by atoms with Crippen molar-refractivity contribution in [2.75, 3.05) is 0 Å². The Morgan fingerprint density at radius 3 is 2.75 bits per heavy atom. The molecule has 0 bridgehead atoms. The van der Waals surface area contributed by atoms with E-state index in [0.717, 1.165) is 5.92 Å². The molecule has 0 unspecified atom stereocenters. The van der Waals surface area contributed by atoms with E-state index in [1.54, 1.807) is 0 Å². The van der Waals surface area contributed by atoms with Gasteiger partial charge in [0.05, 0.1) is 0 Å². The Hall–Kier alpha value is -0.520. The maximum Gasteiger partial charge on any atom is -0.00276 e. The number of hydrogen-bond acceptors (Lipinski definition) is 0. The van der Waals surface area contributed by atoms with Crippen molar-refractivity contribution < 1.29 is 0 Å². The van der Waals surface area contributed by atoms with Gasteiger partial charge in [-0.2, -0.15) is 0 Å². The average Bonchev–Trinajstić information content (AvgIpc) is 2.14. The van der Waals surface area contributed by atoms with E-state index >= 15 is 0 Å². The minimum Gasteiger partial charge on any atom is -0.102 e. The SMILES string of the molecule is C=C[C@H]1C=CC[C@@H]1C. The second-order valence-electron chi connectivity index (χ2n) is 2.45. The molecule has 1 aliphatic carbocycles. The van der Waals surface area contributed by atoms with E-state index in [0.29, 0.717) is 5.92 Å². The molecule has 0 spiro atoms. The van der Waals surface area contributed by atoms with Crippen LogP contribution in [0.15, 0.2) is 24.8 Å². The standard InChI is InChI=1S/C8H12/c1-3-8-6-4-5-7(8)2/h3-4,6-8H,1,5H2,2H3/t7-,8-/m0/s1. The third-order valence-corrected chi connectivity index (χ3v) is 1.80. The van der Waals surface area contributed by atoms with Crippen molar-refractivity contribution in [3.05, 3.63) is 24.8 Å². The van der Waals surface area contributed by atoms with Crippen LogP contribution in [0, 0.1) is 11.8 Å². The highest BCUT2D eigenvalue weighted by molar-refractivity contribution is 5.06. The van der Waals surface area contributed by atoms with Crippen LogP contribution >= 0.6 is 0 Å². The fourth-order valence-electron chi connectivity index (χ4n) is 1.11. The first-order valence-electron chi connectivity index (χ1n) is 3.14. The number of hydrogen-bond donors (Lipinski definition) is 0. The Balaban J connectivity index is 2.52. The van der Waals surface area contributed by atoms with Gasteiger partial charge < -0.3 is 0 Å². The maximum absolute atomic E-state index is 3.74. The molecule has 0 radical (unpaired) electrons. The molecule has 0 saturated heterocycles. The lowest BCUT2D eigenvalue weighted by Gasteiger charge is -2.06. The normalized spacial score (nSPS) is 35.6. The maximum atomic E-state index is 3.74. The zero-order valence-electron chi connectivity index (χ0n) is 5.30. The first kappa shape index (κ1) is 5.61. The van der Waals surface area contributed by atoms with Gasteiger partial charge in [0.25, 0.3) is 0 Å². The Bertz CT molecular complexity index is 111. The third kappa shape index (κ3) is 0.835. The van der Waals surface area contributed by atoms with Crippen LogP contribution in [0.5, 0.6) is 0 Å². The fraction of sp³-hybridized carbons (Fsp3) is 0.500. The minimum absolute atomic E-state index is 0.648. The van der Waals surface area contributed by atoms with Gasteiger partial charge in [0, 0.05) is 0 Å². The van der Waals surface area contributed by atoms with Gasteiger partial charge in [-0.25, -0.2) is 0 Å². The van der Waals surface area contributed by atoms with E-state index in [2.05, 4.69) is 25.7 Å². The molecule has 0 aliphatic heterocycles. The van der Waals surface area contributed by atoms with Crippen molar-refractivity contribution in [1.82, 2.24) is 0 Å². The smallest absolute Gasteiger partial charge is 0.00276 e. The third-order valence-electron chi connectivity index (χ3n) is 1.80. The summed E-state index contributed by atoms with van der Waals surface area (Å²) < 4.78 is 0. The Kier molecular flexibility index (Phi) is 1.52. The van der Waals surface area contributed by atoms with E-state index in [4.69, 9.17) is 0 Å². The molecule has 8 heavy (non-hydrogen) atoms. The van der Waals surface area contributed by atoms with E-state index < -0.39 is 0 Å². The van der Waals surface area contributed by atoms with Crippen LogP contribution in [0.2, 0.25) is 0 Å². The first-order valence-corrected chi connectivity index (χ1v) is 3.14. The molecule has 2 atom stereocenters. The van der Waals surface area contributed by atoms with Crippen LogP contribution in [0.3, 0.4) is 0 Å². The lowest BCUT2D eigenvalue weighted by atomic mass is 9.98. The average molecular weight is 108 g/mol. The lowest BCUT2D eigenvalue weighted by molar-refractivity contribution is 0.540. The van der Waals surface area contributed by atoms with Crippen molar-refractivity contribution in [3.8, 4) is 0 Å². The van der Waals surface area contributed by atoms with E-state index in [9.17, 15) is 0 Å². The second kappa shape index (κ2) is 2.17. The zero-order valence-corrected chi connectivity index (χ0v) is 5.30. The van der Waals surface area contributed by atoms with E-state index in [-0.39, 0.29) is 0 Å². The number of rotatable bonds is 1. The zero-order chi connectivity index (χ0) is 5.98. The molecule has 0 fully saturated rings. The second-order valence-corrected chi connectivity index (χ2v) is 2.45. The number of allylic oxidation sites excluding steroid dienone is 3. The largest absolute Gasteiger partial charge is 0.102 e. The molecular weight excluding hydrogens is 96.1 g/mol. The Morgan fingerprint density at radius 1 is 1.75 bits per heavy atom. The summed E-state index contributed by atoms with van der Waals surface area (Å²) in [5.74, 6) is 1.45. The van der Waals surface area contributed by atoms with Gasteiger partial charge in [0.15, 0.2) is 0 Å². The molecule has 0 heterocycles. The molecule has 44 valence electrons. The molecule has 0 aromatic carbocycles. The topological polar surface area (TPSA) is 0 Å². The van der Waals surface area contributed by atoms with Gasteiger partial charge in [0.1, 0.15) is 0 Å². The van der Waals surface area contributed by atoms with E-state index in [1.165, 1.54) is 6.42 Å². The highest BCUT2D eigenvalue weighted by Gasteiger charge is 2.13. The van der Waals surface area contributed by atoms with Gasteiger partial charge >= 0.3 is 0 Å². The summed E-state index contributed by atoms with van der Waals surface area (Å²) in [6.07, 6.45) is 7.72. The summed E-state index contributed by atoms with van der Waals surface area (Å²) in [7, 11) is 0. The van der Waals surface area contributed by atoms with Gasteiger partial charge in [-0.3, -0.25) is 0 Å². The Morgan fingerprint density at radius 2 is 2.50 bits per heavy atom. The van der Waals surface area contributed by atoms with Crippen LogP contribution in [-0.2, 0) is 0 Å². The van der Waals surface area contributed by atoms with Gasteiger partial charge in [-0.15, -0.1) is 6.58 Å². The molecule has 0 aromatic heterocycles. The summed E-state index contributed by atoms with van der Waals surface area (Å²) in [4.78, 5) is 0. The van der Waals surface area contributed by atoms with Crippen LogP contribution < -0.4 is 0 Å². The van der Waals surface area contributed by atoms with Crippen LogP contribution in [0.25, 0.3) is 0 Å². The minimum atomic E-state index is 0.648. The van der Waals surface area contributed by atoms with Crippen molar-refractivity contribution >= 4 is 0 Å². The van der Waals surface area contributed by atoms with E-state index in [1.807, 2.05) is 6.08 Å². The van der Waals surface area contributed by atoms with Crippen molar-refractivity contribution in [2.45, 2.75) is 13.3 Å². The van der Waals surface area contributed by atoms with Gasteiger partial charge in [-0.1, -0.05) is 25.2 Å². The predicted molar refractivity (Wildman–Crippen MR) is 36.6 cm³/mol. The molecule has 0 heteroatoms. The quantitative estimate of drug-likeness (QED) is 0.452.